The first-order chi connectivity index (χ1) is 9.06. The molecule has 1 saturated heterocycles. The van der Waals surface area contributed by atoms with Gasteiger partial charge in [0.05, 0.1) is 6.10 Å². The minimum absolute atomic E-state index is 0.127. The highest BCUT2D eigenvalue weighted by Gasteiger charge is 2.20. The van der Waals surface area contributed by atoms with Gasteiger partial charge in [-0.3, -0.25) is 0 Å². The van der Waals surface area contributed by atoms with Crippen LogP contribution in [0.2, 0.25) is 10.0 Å². The topological polar surface area (TPSA) is 52.6 Å². The van der Waals surface area contributed by atoms with Gasteiger partial charge in [-0.15, -0.1) is 0 Å². The van der Waals surface area contributed by atoms with Crippen molar-refractivity contribution >= 4 is 29.2 Å². The first kappa shape index (κ1) is 14.4. The number of nitrogens with zero attached hydrogens (tertiary/aromatic N) is 1. The first-order valence-electron chi connectivity index (χ1n) is 6.21. The molecule has 0 unspecified atom stereocenters. The molecular weight excluding hydrogens is 287 g/mol. The highest BCUT2D eigenvalue weighted by atomic mass is 35.5. The summed E-state index contributed by atoms with van der Waals surface area (Å²) in [7, 11) is 0. The molecule has 2 rings (SSSR count). The molecule has 104 valence electrons. The van der Waals surface area contributed by atoms with E-state index in [0.29, 0.717) is 42.5 Å². The van der Waals surface area contributed by atoms with Crippen molar-refractivity contribution < 1.29 is 9.90 Å². The Balaban J connectivity index is 1.86. The van der Waals surface area contributed by atoms with Crippen molar-refractivity contribution in [2.75, 3.05) is 13.1 Å². The number of hydrogen-bond acceptors (Lipinski definition) is 2. The number of aliphatic hydroxyl groups is 1. The summed E-state index contributed by atoms with van der Waals surface area (Å²) in [5.74, 6) is 0. The number of rotatable bonds is 2. The second-order valence-electron chi connectivity index (χ2n) is 4.61. The molecule has 0 spiro atoms. The van der Waals surface area contributed by atoms with Crippen LogP contribution in [0.15, 0.2) is 18.2 Å². The molecule has 0 atom stereocenters. The molecule has 0 bridgehead atoms. The van der Waals surface area contributed by atoms with Gasteiger partial charge in [0.25, 0.3) is 0 Å². The molecule has 6 heteroatoms. The number of hydrogen-bond donors (Lipinski definition) is 2. The third-order valence-electron chi connectivity index (χ3n) is 3.20. The average molecular weight is 303 g/mol. The van der Waals surface area contributed by atoms with Crippen molar-refractivity contribution in [1.29, 1.82) is 0 Å². The van der Waals surface area contributed by atoms with Crippen molar-refractivity contribution in [3.8, 4) is 0 Å². The number of urea groups is 1. The van der Waals surface area contributed by atoms with E-state index in [-0.39, 0.29) is 12.1 Å². The maximum atomic E-state index is 11.9. The molecule has 1 heterocycles. The Morgan fingerprint density at radius 1 is 1.37 bits per heavy atom. The monoisotopic (exact) mass is 302 g/mol. The Hall–Kier alpha value is -0.970. The lowest BCUT2D eigenvalue weighted by Crippen LogP contribution is -2.45. The van der Waals surface area contributed by atoms with Gasteiger partial charge in [0, 0.05) is 29.7 Å². The van der Waals surface area contributed by atoms with E-state index in [4.69, 9.17) is 23.2 Å². The van der Waals surface area contributed by atoms with Crippen LogP contribution < -0.4 is 5.32 Å². The second kappa shape index (κ2) is 6.46. The lowest BCUT2D eigenvalue weighted by molar-refractivity contribution is 0.0936. The summed E-state index contributed by atoms with van der Waals surface area (Å²) in [6, 6.07) is 5.07. The molecule has 0 aliphatic carbocycles. The minimum Gasteiger partial charge on any atom is -0.393 e. The number of benzene rings is 1. The highest BCUT2D eigenvalue weighted by molar-refractivity contribution is 6.35. The number of carbonyl (C=O) groups excluding carboxylic acids is 1. The second-order valence-corrected chi connectivity index (χ2v) is 5.46. The molecule has 1 aromatic carbocycles. The molecular formula is C13H16Cl2N2O2. The lowest BCUT2D eigenvalue weighted by atomic mass is 10.1. The number of carbonyl (C=O) groups is 1. The van der Waals surface area contributed by atoms with Gasteiger partial charge in [-0.1, -0.05) is 29.3 Å². The Kier molecular flexibility index (Phi) is 4.91. The number of amides is 2. The molecule has 0 aromatic heterocycles. The van der Waals surface area contributed by atoms with Gasteiger partial charge in [-0.05, 0) is 30.5 Å². The van der Waals surface area contributed by atoms with Gasteiger partial charge in [0.1, 0.15) is 0 Å². The molecule has 1 aromatic rings. The van der Waals surface area contributed by atoms with Crippen LogP contribution in [0.1, 0.15) is 18.4 Å². The zero-order chi connectivity index (χ0) is 13.8. The molecule has 19 heavy (non-hydrogen) atoms. The zero-order valence-electron chi connectivity index (χ0n) is 10.4. The van der Waals surface area contributed by atoms with Crippen LogP contribution in [0.5, 0.6) is 0 Å². The molecule has 1 fully saturated rings. The summed E-state index contributed by atoms with van der Waals surface area (Å²) >= 11 is 11.8. The van der Waals surface area contributed by atoms with E-state index in [1.54, 1.807) is 23.1 Å². The summed E-state index contributed by atoms with van der Waals surface area (Å²) in [6.45, 7) is 1.54. The quantitative estimate of drug-likeness (QED) is 0.882. The molecule has 2 N–H and O–H groups in total. The summed E-state index contributed by atoms with van der Waals surface area (Å²) in [5, 5.41) is 13.3. The third-order valence-corrected chi connectivity index (χ3v) is 3.78. The number of nitrogens with one attached hydrogen (secondary N) is 1. The summed E-state index contributed by atoms with van der Waals surface area (Å²) in [5.41, 5.74) is 0.830. The molecule has 1 aliphatic rings. The van der Waals surface area contributed by atoms with Gasteiger partial charge < -0.3 is 15.3 Å². The predicted molar refractivity (Wildman–Crippen MR) is 75.5 cm³/mol. The number of halogens is 2. The lowest BCUT2D eigenvalue weighted by Gasteiger charge is -2.29. The maximum Gasteiger partial charge on any atom is 0.317 e. The van der Waals surface area contributed by atoms with E-state index < -0.39 is 0 Å². The molecule has 0 saturated carbocycles. The Morgan fingerprint density at radius 3 is 2.68 bits per heavy atom. The van der Waals surface area contributed by atoms with E-state index in [9.17, 15) is 9.90 Å². The number of likely N-dealkylation sites (tertiary alicyclic amines) is 1. The standard InChI is InChI=1S/C13H16Cl2N2O2/c14-10-2-1-9(12(15)7-10)8-16-13(19)17-5-3-11(18)4-6-17/h1-2,7,11,18H,3-6,8H2,(H,16,19). The largest absolute Gasteiger partial charge is 0.393 e. The Bertz CT molecular complexity index is 460. The van der Waals surface area contributed by atoms with Crippen molar-refractivity contribution in [2.45, 2.75) is 25.5 Å². The highest BCUT2D eigenvalue weighted by Crippen LogP contribution is 2.20. The number of aliphatic hydroxyl groups excluding tert-OH is 1. The van der Waals surface area contributed by atoms with Gasteiger partial charge in [-0.2, -0.15) is 0 Å². The third kappa shape index (κ3) is 4.00. The molecule has 2 amide bonds. The van der Waals surface area contributed by atoms with Crippen molar-refractivity contribution in [3.63, 3.8) is 0 Å². The average Bonchev–Trinajstić information content (AvgIpc) is 2.38. The van der Waals surface area contributed by atoms with Crippen molar-refractivity contribution in [1.82, 2.24) is 10.2 Å². The smallest absolute Gasteiger partial charge is 0.317 e. The van der Waals surface area contributed by atoms with Crippen molar-refractivity contribution in [2.24, 2.45) is 0 Å². The van der Waals surface area contributed by atoms with Crippen LogP contribution in [0.4, 0.5) is 4.79 Å². The zero-order valence-corrected chi connectivity index (χ0v) is 11.9. The fourth-order valence-electron chi connectivity index (χ4n) is 2.02. The summed E-state index contributed by atoms with van der Waals surface area (Å²) < 4.78 is 0. The van der Waals surface area contributed by atoms with E-state index in [1.165, 1.54) is 0 Å². The minimum atomic E-state index is -0.283. The van der Waals surface area contributed by atoms with Gasteiger partial charge in [0.2, 0.25) is 0 Å². The van der Waals surface area contributed by atoms with Gasteiger partial charge >= 0.3 is 6.03 Å². The summed E-state index contributed by atoms with van der Waals surface area (Å²) in [6.07, 6.45) is 0.985. The fourth-order valence-corrected chi connectivity index (χ4v) is 2.49. The van der Waals surface area contributed by atoms with Crippen LogP contribution in [0.3, 0.4) is 0 Å². The van der Waals surface area contributed by atoms with E-state index in [0.717, 1.165) is 5.56 Å². The van der Waals surface area contributed by atoms with Crippen LogP contribution in [-0.2, 0) is 6.54 Å². The first-order valence-corrected chi connectivity index (χ1v) is 6.96. The van der Waals surface area contributed by atoms with E-state index in [2.05, 4.69) is 5.32 Å². The molecule has 1 aliphatic heterocycles. The Labute approximate surface area is 122 Å². The van der Waals surface area contributed by atoms with Crippen LogP contribution in [0.25, 0.3) is 0 Å². The maximum absolute atomic E-state index is 11.9. The summed E-state index contributed by atoms with van der Waals surface area (Å²) in [4.78, 5) is 13.6. The predicted octanol–water partition coefficient (Wildman–Crippen LogP) is 2.66. The van der Waals surface area contributed by atoms with Crippen LogP contribution in [0, 0.1) is 0 Å². The van der Waals surface area contributed by atoms with Gasteiger partial charge in [-0.25, -0.2) is 4.79 Å². The Morgan fingerprint density at radius 2 is 2.05 bits per heavy atom. The van der Waals surface area contributed by atoms with E-state index in [1.807, 2.05) is 0 Å². The molecule has 4 nitrogen and oxygen atoms in total. The number of piperidine rings is 1. The normalized spacial score (nSPS) is 16.5. The van der Waals surface area contributed by atoms with Crippen LogP contribution >= 0.6 is 23.2 Å². The molecule has 0 radical (unpaired) electrons. The van der Waals surface area contributed by atoms with E-state index >= 15 is 0 Å². The van der Waals surface area contributed by atoms with Gasteiger partial charge in [0.15, 0.2) is 0 Å². The SMILES string of the molecule is O=C(NCc1ccc(Cl)cc1Cl)N1CCC(O)CC1. The van der Waals surface area contributed by atoms with Crippen LogP contribution in [-0.4, -0.2) is 35.2 Å². The fraction of sp³-hybridized carbons (Fsp3) is 0.462. The van der Waals surface area contributed by atoms with Crippen molar-refractivity contribution in [3.05, 3.63) is 33.8 Å².